The summed E-state index contributed by atoms with van der Waals surface area (Å²) in [5.74, 6) is -0.547. The highest BCUT2D eigenvalue weighted by molar-refractivity contribution is 14.1. The summed E-state index contributed by atoms with van der Waals surface area (Å²) in [6.07, 6.45) is 1.57. The van der Waals surface area contributed by atoms with Crippen molar-refractivity contribution in [3.8, 4) is 0 Å². The van der Waals surface area contributed by atoms with Gasteiger partial charge in [0.25, 0.3) is 0 Å². The first-order chi connectivity index (χ1) is 9.18. The van der Waals surface area contributed by atoms with E-state index in [0.717, 1.165) is 3.57 Å². The topological polar surface area (TPSA) is 32.9 Å². The van der Waals surface area contributed by atoms with E-state index in [1.54, 1.807) is 30.5 Å². The van der Waals surface area contributed by atoms with Gasteiger partial charge in [0.2, 0.25) is 0 Å². The SMILES string of the molecule is O=C(c1ccccc1I)c1c[nH]c2cccc(F)c12. The number of benzene rings is 2. The Labute approximate surface area is 122 Å². The predicted octanol–water partition coefficient (Wildman–Crippen LogP) is 4.14. The summed E-state index contributed by atoms with van der Waals surface area (Å²) < 4.78 is 14.7. The van der Waals surface area contributed by atoms with Crippen molar-refractivity contribution in [1.82, 2.24) is 4.98 Å². The zero-order valence-electron chi connectivity index (χ0n) is 9.78. The third-order valence-electron chi connectivity index (χ3n) is 3.02. The molecule has 19 heavy (non-hydrogen) atoms. The van der Waals surface area contributed by atoms with E-state index >= 15 is 0 Å². The first-order valence-electron chi connectivity index (χ1n) is 5.73. The maximum atomic E-state index is 13.9. The molecule has 0 aliphatic rings. The third-order valence-corrected chi connectivity index (χ3v) is 3.96. The smallest absolute Gasteiger partial charge is 0.196 e. The van der Waals surface area contributed by atoms with Crippen LogP contribution in [0.4, 0.5) is 4.39 Å². The van der Waals surface area contributed by atoms with Crippen molar-refractivity contribution >= 4 is 39.3 Å². The van der Waals surface area contributed by atoms with Gasteiger partial charge in [-0.3, -0.25) is 4.79 Å². The van der Waals surface area contributed by atoms with Crippen LogP contribution in [0.5, 0.6) is 0 Å². The molecule has 0 saturated carbocycles. The quantitative estimate of drug-likeness (QED) is 0.537. The monoisotopic (exact) mass is 365 g/mol. The molecule has 0 aliphatic carbocycles. The molecule has 1 heterocycles. The Bertz CT molecular complexity index is 779. The van der Waals surface area contributed by atoms with Crippen molar-refractivity contribution in [3.05, 3.63) is 69.2 Å². The number of halogens is 2. The van der Waals surface area contributed by atoms with Gasteiger partial charge in [0.15, 0.2) is 5.78 Å². The maximum absolute atomic E-state index is 13.9. The van der Waals surface area contributed by atoms with Gasteiger partial charge in [0.05, 0.1) is 5.56 Å². The van der Waals surface area contributed by atoms with E-state index in [0.29, 0.717) is 22.0 Å². The van der Waals surface area contributed by atoms with Gasteiger partial charge in [0, 0.05) is 26.2 Å². The zero-order chi connectivity index (χ0) is 13.4. The van der Waals surface area contributed by atoms with Crippen LogP contribution in [0.15, 0.2) is 48.7 Å². The number of H-pyrrole nitrogens is 1. The Morgan fingerprint density at radius 3 is 2.63 bits per heavy atom. The van der Waals surface area contributed by atoms with Crippen LogP contribution in [0.1, 0.15) is 15.9 Å². The molecular formula is C15H9FINO. The molecule has 1 aromatic heterocycles. The lowest BCUT2D eigenvalue weighted by molar-refractivity contribution is 0.103. The lowest BCUT2D eigenvalue weighted by Crippen LogP contribution is -2.03. The standard InChI is InChI=1S/C15H9FINO/c16-11-5-3-7-13-14(11)10(8-18-13)15(19)9-4-1-2-6-12(9)17/h1-8,18H. The van der Waals surface area contributed by atoms with Crippen molar-refractivity contribution in [2.24, 2.45) is 0 Å². The van der Waals surface area contributed by atoms with Gasteiger partial charge in [-0.2, -0.15) is 0 Å². The van der Waals surface area contributed by atoms with Gasteiger partial charge >= 0.3 is 0 Å². The molecule has 0 aliphatic heterocycles. The molecule has 0 amide bonds. The minimum absolute atomic E-state index is 0.165. The molecule has 0 spiro atoms. The van der Waals surface area contributed by atoms with Crippen molar-refractivity contribution in [2.45, 2.75) is 0 Å². The fourth-order valence-corrected chi connectivity index (χ4v) is 2.74. The molecule has 0 fully saturated rings. The molecule has 3 aromatic rings. The average Bonchev–Trinajstić information content (AvgIpc) is 2.84. The maximum Gasteiger partial charge on any atom is 0.196 e. The number of aromatic amines is 1. The number of fused-ring (bicyclic) bond motifs is 1. The Morgan fingerprint density at radius 1 is 1.05 bits per heavy atom. The summed E-state index contributed by atoms with van der Waals surface area (Å²) in [4.78, 5) is 15.4. The van der Waals surface area contributed by atoms with Crippen molar-refractivity contribution < 1.29 is 9.18 Å². The van der Waals surface area contributed by atoms with E-state index in [-0.39, 0.29) is 11.6 Å². The van der Waals surface area contributed by atoms with Gasteiger partial charge in [0.1, 0.15) is 5.82 Å². The van der Waals surface area contributed by atoms with Gasteiger partial charge in [-0.15, -0.1) is 0 Å². The molecule has 1 N–H and O–H groups in total. The normalized spacial score (nSPS) is 10.8. The van der Waals surface area contributed by atoms with Gasteiger partial charge in [-0.05, 0) is 46.9 Å². The van der Waals surface area contributed by atoms with Crippen LogP contribution >= 0.6 is 22.6 Å². The summed E-state index contributed by atoms with van der Waals surface area (Å²) in [5.41, 5.74) is 1.60. The third kappa shape index (κ3) is 2.06. The van der Waals surface area contributed by atoms with Crippen LogP contribution in [-0.4, -0.2) is 10.8 Å². The minimum Gasteiger partial charge on any atom is -0.360 e. The fourth-order valence-electron chi connectivity index (χ4n) is 2.11. The van der Waals surface area contributed by atoms with Crippen molar-refractivity contribution in [2.75, 3.05) is 0 Å². The van der Waals surface area contributed by atoms with Crippen LogP contribution in [0, 0.1) is 9.39 Å². The van der Waals surface area contributed by atoms with E-state index in [9.17, 15) is 9.18 Å². The lowest BCUT2D eigenvalue weighted by atomic mass is 10.0. The largest absolute Gasteiger partial charge is 0.360 e. The number of nitrogens with one attached hydrogen (secondary N) is 1. The summed E-state index contributed by atoms with van der Waals surface area (Å²) in [5, 5.41) is 0.354. The fraction of sp³-hybridized carbons (Fsp3) is 0. The van der Waals surface area contributed by atoms with Gasteiger partial charge in [-0.1, -0.05) is 18.2 Å². The number of carbonyl (C=O) groups excluding carboxylic acids is 1. The van der Waals surface area contributed by atoms with E-state index in [1.807, 2.05) is 12.1 Å². The molecule has 0 unspecified atom stereocenters. The number of ketones is 1. The van der Waals surface area contributed by atoms with Crippen LogP contribution in [-0.2, 0) is 0 Å². The molecule has 0 saturated heterocycles. The number of carbonyl (C=O) groups is 1. The molecule has 4 heteroatoms. The van der Waals surface area contributed by atoms with E-state index < -0.39 is 0 Å². The Morgan fingerprint density at radius 2 is 1.84 bits per heavy atom. The highest BCUT2D eigenvalue weighted by Gasteiger charge is 2.18. The molecule has 3 rings (SSSR count). The average molecular weight is 365 g/mol. The summed E-state index contributed by atoms with van der Waals surface area (Å²) in [6.45, 7) is 0. The van der Waals surface area contributed by atoms with Crippen molar-refractivity contribution in [1.29, 1.82) is 0 Å². The zero-order valence-corrected chi connectivity index (χ0v) is 11.9. The first-order valence-corrected chi connectivity index (χ1v) is 6.81. The molecule has 94 valence electrons. The van der Waals surface area contributed by atoms with Crippen molar-refractivity contribution in [3.63, 3.8) is 0 Å². The number of aromatic nitrogens is 1. The Hall–Kier alpha value is -1.69. The molecular weight excluding hydrogens is 356 g/mol. The highest BCUT2D eigenvalue weighted by atomic mass is 127. The lowest BCUT2D eigenvalue weighted by Gasteiger charge is -2.03. The second-order valence-electron chi connectivity index (χ2n) is 4.17. The molecule has 0 radical (unpaired) electrons. The number of rotatable bonds is 2. The van der Waals surface area contributed by atoms with E-state index in [2.05, 4.69) is 27.6 Å². The number of hydrogen-bond acceptors (Lipinski definition) is 1. The number of hydrogen-bond donors (Lipinski definition) is 1. The second kappa shape index (κ2) is 4.77. The highest BCUT2D eigenvalue weighted by Crippen LogP contribution is 2.25. The summed E-state index contributed by atoms with van der Waals surface area (Å²) in [6, 6.07) is 12.0. The van der Waals surface area contributed by atoms with Crippen LogP contribution < -0.4 is 0 Å². The van der Waals surface area contributed by atoms with E-state index in [1.165, 1.54) is 6.07 Å². The minimum atomic E-state index is -0.381. The van der Waals surface area contributed by atoms with Gasteiger partial charge in [-0.25, -0.2) is 4.39 Å². The van der Waals surface area contributed by atoms with Crippen LogP contribution in [0.3, 0.4) is 0 Å². The first kappa shape index (κ1) is 12.3. The molecule has 2 nitrogen and oxygen atoms in total. The van der Waals surface area contributed by atoms with Crippen LogP contribution in [0.25, 0.3) is 10.9 Å². The Kier molecular flexibility index (Phi) is 3.10. The molecule has 0 bridgehead atoms. The molecule has 0 atom stereocenters. The summed E-state index contributed by atoms with van der Waals surface area (Å²) in [7, 11) is 0. The van der Waals surface area contributed by atoms with Crippen LogP contribution in [0.2, 0.25) is 0 Å². The predicted molar refractivity (Wildman–Crippen MR) is 80.8 cm³/mol. The van der Waals surface area contributed by atoms with E-state index in [4.69, 9.17) is 0 Å². The van der Waals surface area contributed by atoms with Gasteiger partial charge < -0.3 is 4.98 Å². The summed E-state index contributed by atoms with van der Waals surface area (Å²) >= 11 is 2.11. The molecule has 2 aromatic carbocycles. The second-order valence-corrected chi connectivity index (χ2v) is 5.34. The Balaban J connectivity index is 2.21.